The molecule has 5 nitrogen and oxygen atoms in total. The van der Waals surface area contributed by atoms with Crippen molar-refractivity contribution < 1.29 is 22.7 Å². The largest absolute Gasteiger partial charge is 0.433 e. The number of hydrogen-bond acceptors (Lipinski definition) is 4. The smallest absolute Gasteiger partial charge is 0.372 e. The van der Waals surface area contributed by atoms with Gasteiger partial charge in [0, 0.05) is 37.1 Å². The van der Waals surface area contributed by atoms with E-state index >= 15 is 0 Å². The van der Waals surface area contributed by atoms with E-state index in [2.05, 4.69) is 27.3 Å². The van der Waals surface area contributed by atoms with Gasteiger partial charge in [-0.15, -0.1) is 0 Å². The molecule has 33 heavy (non-hydrogen) atoms. The summed E-state index contributed by atoms with van der Waals surface area (Å²) < 4.78 is 44.3. The van der Waals surface area contributed by atoms with Gasteiger partial charge < -0.3 is 15.0 Å². The van der Waals surface area contributed by atoms with Crippen LogP contribution in [0.15, 0.2) is 30.5 Å². The Morgan fingerprint density at radius 1 is 1.15 bits per heavy atom. The summed E-state index contributed by atoms with van der Waals surface area (Å²) in [5.41, 5.74) is 3.51. The van der Waals surface area contributed by atoms with Crippen molar-refractivity contribution >= 4 is 17.3 Å². The Hall–Kier alpha value is -2.61. The first-order valence-corrected chi connectivity index (χ1v) is 11.1. The van der Waals surface area contributed by atoms with E-state index in [1.54, 1.807) is 0 Å². The molecule has 0 spiro atoms. The molecule has 3 rings (SSSR count). The number of anilines is 2. The number of carbonyl (C=O) groups excluding carboxylic acids is 1. The van der Waals surface area contributed by atoms with Gasteiger partial charge in [-0.05, 0) is 60.6 Å². The van der Waals surface area contributed by atoms with Gasteiger partial charge in [0.15, 0.2) is 0 Å². The summed E-state index contributed by atoms with van der Waals surface area (Å²) in [5.74, 6) is -0.00221. The molecule has 0 bridgehead atoms. The SMILES string of the molecule is Cc1cc(N2CCO[C@@H](c3ccc(C(F)(F)F)nc3)CC2)cc(C)c1NC(=O)CC(C)(C)C. The normalized spacial score (nSPS) is 17.6. The van der Waals surface area contributed by atoms with Crippen LogP contribution >= 0.6 is 0 Å². The molecular formula is C25H32F3N3O2. The summed E-state index contributed by atoms with van der Waals surface area (Å²) >= 11 is 0. The zero-order valence-corrected chi connectivity index (χ0v) is 19.8. The number of alkyl halides is 3. The number of nitrogens with zero attached hydrogens (tertiary/aromatic N) is 2. The second-order valence-electron chi connectivity index (χ2n) is 9.85. The lowest BCUT2D eigenvalue weighted by Crippen LogP contribution is -2.26. The lowest BCUT2D eigenvalue weighted by Gasteiger charge is -2.25. The molecule has 1 N–H and O–H groups in total. The van der Waals surface area contributed by atoms with Crippen molar-refractivity contribution in [3.8, 4) is 0 Å². The Labute approximate surface area is 193 Å². The average molecular weight is 464 g/mol. The zero-order chi connectivity index (χ0) is 24.4. The van der Waals surface area contributed by atoms with Crippen LogP contribution in [0.5, 0.6) is 0 Å². The van der Waals surface area contributed by atoms with Gasteiger partial charge in [0.25, 0.3) is 0 Å². The molecule has 1 fully saturated rings. The molecule has 8 heteroatoms. The Morgan fingerprint density at radius 3 is 2.36 bits per heavy atom. The van der Waals surface area contributed by atoms with Crippen LogP contribution in [0.25, 0.3) is 0 Å². The predicted molar refractivity (Wildman–Crippen MR) is 123 cm³/mol. The lowest BCUT2D eigenvalue weighted by molar-refractivity contribution is -0.141. The van der Waals surface area contributed by atoms with Crippen molar-refractivity contribution in [2.24, 2.45) is 5.41 Å². The Balaban J connectivity index is 1.69. The second-order valence-corrected chi connectivity index (χ2v) is 9.85. The summed E-state index contributed by atoms with van der Waals surface area (Å²) in [5, 5.41) is 3.05. The number of halogens is 3. The summed E-state index contributed by atoms with van der Waals surface area (Å²) in [4.78, 5) is 18.2. The molecule has 180 valence electrons. The topological polar surface area (TPSA) is 54.5 Å². The minimum Gasteiger partial charge on any atom is -0.372 e. The summed E-state index contributed by atoms with van der Waals surface area (Å²) in [7, 11) is 0. The maximum atomic E-state index is 12.8. The highest BCUT2D eigenvalue weighted by Crippen LogP contribution is 2.32. The van der Waals surface area contributed by atoms with Gasteiger partial charge in [-0.1, -0.05) is 26.8 Å². The Bertz CT molecular complexity index is 959. The van der Waals surface area contributed by atoms with Crippen LogP contribution in [0.1, 0.15) is 62.1 Å². The van der Waals surface area contributed by atoms with Gasteiger partial charge in [0.05, 0.1) is 12.7 Å². The molecule has 1 saturated heterocycles. The molecule has 1 aliphatic heterocycles. The number of carbonyl (C=O) groups is 1. The van der Waals surface area contributed by atoms with E-state index in [4.69, 9.17) is 4.74 Å². The van der Waals surface area contributed by atoms with Crippen LogP contribution < -0.4 is 10.2 Å². The molecule has 1 aliphatic rings. The third kappa shape index (κ3) is 6.69. The van der Waals surface area contributed by atoms with Crippen LogP contribution in [0.3, 0.4) is 0 Å². The Kier molecular flexibility index (Phi) is 7.36. The van der Waals surface area contributed by atoms with Gasteiger partial charge in [-0.3, -0.25) is 9.78 Å². The molecule has 1 atom stereocenters. The zero-order valence-electron chi connectivity index (χ0n) is 19.8. The molecule has 0 unspecified atom stereocenters. The number of aromatic nitrogens is 1. The minimum absolute atomic E-state index is 0.00221. The highest BCUT2D eigenvalue weighted by Gasteiger charge is 2.32. The van der Waals surface area contributed by atoms with Gasteiger partial charge in [-0.2, -0.15) is 13.2 Å². The molecule has 0 saturated carbocycles. The fraction of sp³-hybridized carbons (Fsp3) is 0.520. The first-order valence-electron chi connectivity index (χ1n) is 11.1. The molecule has 2 heterocycles. The number of aryl methyl sites for hydroxylation is 2. The maximum Gasteiger partial charge on any atom is 0.433 e. The molecule has 2 aromatic rings. The van der Waals surface area contributed by atoms with E-state index in [9.17, 15) is 18.0 Å². The molecule has 1 amide bonds. The van der Waals surface area contributed by atoms with Crippen LogP contribution in [0.2, 0.25) is 0 Å². The van der Waals surface area contributed by atoms with E-state index < -0.39 is 11.9 Å². The quantitative estimate of drug-likeness (QED) is 0.599. The van der Waals surface area contributed by atoms with E-state index in [1.165, 1.54) is 12.3 Å². The van der Waals surface area contributed by atoms with Crippen molar-refractivity contribution in [1.29, 1.82) is 0 Å². The first-order chi connectivity index (χ1) is 15.3. The fourth-order valence-corrected chi connectivity index (χ4v) is 4.04. The van der Waals surface area contributed by atoms with E-state index in [1.807, 2.05) is 34.6 Å². The number of pyridine rings is 1. The van der Waals surface area contributed by atoms with Crippen molar-refractivity contribution in [3.63, 3.8) is 0 Å². The number of nitrogens with one attached hydrogen (secondary N) is 1. The van der Waals surface area contributed by atoms with Crippen molar-refractivity contribution in [3.05, 3.63) is 52.8 Å². The van der Waals surface area contributed by atoms with Crippen molar-refractivity contribution in [2.75, 3.05) is 29.9 Å². The number of benzene rings is 1. The summed E-state index contributed by atoms with van der Waals surface area (Å²) in [6.07, 6.45) is -2.42. The van der Waals surface area contributed by atoms with Crippen molar-refractivity contribution in [2.45, 2.75) is 59.7 Å². The first kappa shape index (κ1) is 25.0. The van der Waals surface area contributed by atoms with E-state index in [0.29, 0.717) is 38.1 Å². The predicted octanol–water partition coefficient (Wildman–Crippen LogP) is 6.06. The van der Waals surface area contributed by atoms with E-state index in [0.717, 1.165) is 28.6 Å². The summed E-state index contributed by atoms with van der Waals surface area (Å²) in [6, 6.07) is 6.56. The molecule has 0 aliphatic carbocycles. The molecule has 0 radical (unpaired) electrons. The number of ether oxygens (including phenoxy) is 1. The highest BCUT2D eigenvalue weighted by molar-refractivity contribution is 5.93. The number of amides is 1. The second kappa shape index (κ2) is 9.71. The molecule has 1 aromatic carbocycles. The van der Waals surface area contributed by atoms with E-state index in [-0.39, 0.29) is 17.4 Å². The summed E-state index contributed by atoms with van der Waals surface area (Å²) in [6.45, 7) is 11.9. The number of rotatable bonds is 4. The monoisotopic (exact) mass is 463 g/mol. The van der Waals surface area contributed by atoms with Crippen LogP contribution in [-0.4, -0.2) is 30.6 Å². The van der Waals surface area contributed by atoms with Crippen LogP contribution in [-0.2, 0) is 15.7 Å². The third-order valence-electron chi connectivity index (χ3n) is 5.63. The maximum absolute atomic E-state index is 12.8. The molecule has 1 aromatic heterocycles. The van der Waals surface area contributed by atoms with Gasteiger partial charge in [0.2, 0.25) is 5.91 Å². The van der Waals surface area contributed by atoms with Crippen molar-refractivity contribution in [1.82, 2.24) is 4.98 Å². The third-order valence-corrected chi connectivity index (χ3v) is 5.63. The Morgan fingerprint density at radius 2 is 1.82 bits per heavy atom. The van der Waals surface area contributed by atoms with Crippen LogP contribution in [0.4, 0.5) is 24.5 Å². The molecular weight excluding hydrogens is 431 g/mol. The fourth-order valence-electron chi connectivity index (χ4n) is 4.04. The highest BCUT2D eigenvalue weighted by atomic mass is 19.4. The number of hydrogen-bond donors (Lipinski definition) is 1. The lowest BCUT2D eigenvalue weighted by atomic mass is 9.92. The van der Waals surface area contributed by atoms with Gasteiger partial charge >= 0.3 is 6.18 Å². The standard InChI is InChI=1S/C25H32F3N3O2/c1-16-12-19(13-17(2)23(16)30-22(32)14-24(3,4)5)31-9-8-20(33-11-10-31)18-6-7-21(29-15-18)25(26,27)28/h6-7,12-13,15,20H,8-11,14H2,1-5H3,(H,30,32)/t20-/m1/s1. The van der Waals surface area contributed by atoms with Gasteiger partial charge in [0.1, 0.15) is 5.69 Å². The minimum atomic E-state index is -4.45. The van der Waals surface area contributed by atoms with Gasteiger partial charge in [-0.25, -0.2) is 0 Å². The van der Waals surface area contributed by atoms with Crippen LogP contribution in [0, 0.1) is 19.3 Å². The average Bonchev–Trinajstić information content (AvgIpc) is 2.95.